The Bertz CT molecular complexity index is 1050. The fourth-order valence-corrected chi connectivity index (χ4v) is 6.57. The van der Waals surface area contributed by atoms with Crippen LogP contribution in [-0.2, 0) is 23.8 Å². The van der Waals surface area contributed by atoms with Crippen molar-refractivity contribution in [1.29, 1.82) is 0 Å². The molecule has 38 heavy (non-hydrogen) atoms. The zero-order valence-electron chi connectivity index (χ0n) is 23.4. The number of esters is 1. The third kappa shape index (κ3) is 6.07. The smallest absolute Gasteiger partial charge is 0.309 e. The van der Waals surface area contributed by atoms with E-state index in [1.54, 1.807) is 25.2 Å². The lowest BCUT2D eigenvalue weighted by Gasteiger charge is -2.35. The van der Waals surface area contributed by atoms with Crippen molar-refractivity contribution in [3.8, 4) is 0 Å². The van der Waals surface area contributed by atoms with Crippen LogP contribution in [0.2, 0.25) is 0 Å². The molecule has 4 heterocycles. The largest absolute Gasteiger partial charge is 0.458 e. The van der Waals surface area contributed by atoms with E-state index >= 15 is 0 Å². The van der Waals surface area contributed by atoms with Crippen molar-refractivity contribution in [1.82, 2.24) is 4.98 Å². The van der Waals surface area contributed by atoms with E-state index in [0.717, 1.165) is 36.4 Å². The first-order valence-corrected chi connectivity index (χ1v) is 14.7. The molecule has 1 aromatic rings. The fourth-order valence-electron chi connectivity index (χ4n) is 5.99. The van der Waals surface area contributed by atoms with Crippen LogP contribution in [0.3, 0.4) is 0 Å². The number of epoxide rings is 2. The van der Waals surface area contributed by atoms with Gasteiger partial charge in [-0.1, -0.05) is 34.1 Å². The summed E-state index contributed by atoms with van der Waals surface area (Å²) in [6.07, 6.45) is 3.89. The number of carbonyl (C=O) groups is 2. The van der Waals surface area contributed by atoms with Gasteiger partial charge in [0.25, 0.3) is 0 Å². The van der Waals surface area contributed by atoms with Crippen LogP contribution < -0.4 is 0 Å². The van der Waals surface area contributed by atoms with E-state index in [0.29, 0.717) is 13.0 Å². The maximum absolute atomic E-state index is 13.6. The van der Waals surface area contributed by atoms with Crippen LogP contribution in [0.5, 0.6) is 0 Å². The molecule has 0 amide bonds. The molecule has 212 valence electrons. The zero-order valence-corrected chi connectivity index (χ0v) is 24.3. The number of aromatic nitrogens is 1. The van der Waals surface area contributed by atoms with Crippen molar-refractivity contribution in [2.45, 2.75) is 116 Å². The number of aliphatic hydroxyl groups is 2. The predicted octanol–water partition coefficient (Wildman–Crippen LogP) is 4.25. The highest BCUT2D eigenvalue weighted by Gasteiger charge is 2.65. The van der Waals surface area contributed by atoms with Crippen LogP contribution in [0, 0.1) is 24.2 Å². The summed E-state index contributed by atoms with van der Waals surface area (Å²) in [6, 6.07) is 0. The van der Waals surface area contributed by atoms with E-state index in [1.807, 2.05) is 31.4 Å². The Morgan fingerprint density at radius 2 is 1.95 bits per heavy atom. The number of ether oxygens (including phenoxy) is 3. The first-order valence-electron chi connectivity index (χ1n) is 13.8. The second-order valence-corrected chi connectivity index (χ2v) is 13.2. The Morgan fingerprint density at radius 3 is 2.55 bits per heavy atom. The van der Waals surface area contributed by atoms with Crippen molar-refractivity contribution in [3.05, 3.63) is 22.2 Å². The minimum Gasteiger partial charge on any atom is -0.458 e. The van der Waals surface area contributed by atoms with Gasteiger partial charge in [0, 0.05) is 11.8 Å². The molecule has 0 aromatic carbocycles. The quantitative estimate of drug-likeness (QED) is 0.422. The van der Waals surface area contributed by atoms with Crippen LogP contribution >= 0.6 is 11.3 Å². The van der Waals surface area contributed by atoms with E-state index in [-0.39, 0.29) is 29.8 Å². The molecule has 3 aliphatic rings. The van der Waals surface area contributed by atoms with Crippen molar-refractivity contribution in [2.75, 3.05) is 6.61 Å². The van der Waals surface area contributed by atoms with Crippen LogP contribution in [0.1, 0.15) is 83.8 Å². The Hall–Kier alpha value is -1.65. The number of hydrogen-bond donors (Lipinski definition) is 2. The molecule has 0 aliphatic carbocycles. The van der Waals surface area contributed by atoms with E-state index < -0.39 is 41.2 Å². The zero-order chi connectivity index (χ0) is 27.9. The van der Waals surface area contributed by atoms with Gasteiger partial charge in [-0.25, -0.2) is 4.98 Å². The normalized spacial score (nSPS) is 40.5. The molecule has 9 heteroatoms. The summed E-state index contributed by atoms with van der Waals surface area (Å²) >= 11 is 1.55. The lowest BCUT2D eigenvalue weighted by molar-refractivity contribution is -0.154. The lowest BCUT2D eigenvalue weighted by atomic mass is 9.71. The van der Waals surface area contributed by atoms with E-state index in [1.165, 1.54) is 0 Å². The molecule has 8 nitrogen and oxygen atoms in total. The van der Waals surface area contributed by atoms with Gasteiger partial charge < -0.3 is 24.4 Å². The van der Waals surface area contributed by atoms with Gasteiger partial charge in [-0.05, 0) is 51.2 Å². The summed E-state index contributed by atoms with van der Waals surface area (Å²) < 4.78 is 17.7. The average Bonchev–Trinajstić information content (AvgIpc) is 3.74. The van der Waals surface area contributed by atoms with E-state index in [4.69, 9.17) is 14.2 Å². The number of thiazole rings is 1. The summed E-state index contributed by atoms with van der Waals surface area (Å²) in [5, 5.41) is 25.2. The lowest BCUT2D eigenvalue weighted by Crippen LogP contribution is -2.48. The Kier molecular flexibility index (Phi) is 8.56. The summed E-state index contributed by atoms with van der Waals surface area (Å²) in [5.41, 5.74) is -1.26. The third-order valence-corrected chi connectivity index (χ3v) is 9.79. The molecule has 4 rings (SSSR count). The minimum absolute atomic E-state index is 0.130. The van der Waals surface area contributed by atoms with Gasteiger partial charge in [0.1, 0.15) is 17.5 Å². The second kappa shape index (κ2) is 11.1. The van der Waals surface area contributed by atoms with Gasteiger partial charge in [-0.15, -0.1) is 11.3 Å². The molecule has 2 N–H and O–H groups in total. The maximum Gasteiger partial charge on any atom is 0.309 e. The molecular weight excluding hydrogens is 506 g/mol. The molecule has 0 bridgehead atoms. The molecule has 3 aliphatic heterocycles. The van der Waals surface area contributed by atoms with Crippen LogP contribution in [0.25, 0.3) is 6.08 Å². The van der Waals surface area contributed by atoms with Gasteiger partial charge in [0.2, 0.25) is 0 Å². The average molecular weight is 550 g/mol. The van der Waals surface area contributed by atoms with Gasteiger partial charge in [0.15, 0.2) is 0 Å². The van der Waals surface area contributed by atoms with Gasteiger partial charge in [-0.2, -0.15) is 0 Å². The number of hydrogen-bond acceptors (Lipinski definition) is 9. The maximum atomic E-state index is 13.6. The number of cyclic esters (lactones) is 1. The molecule has 0 saturated carbocycles. The number of aliphatic hydroxyl groups excluding tert-OH is 2. The molecule has 0 spiro atoms. The summed E-state index contributed by atoms with van der Waals surface area (Å²) in [6.45, 7) is 11.7. The number of fused-ring (bicyclic) bond motifs is 1. The van der Waals surface area contributed by atoms with E-state index in [2.05, 4.69) is 18.8 Å². The van der Waals surface area contributed by atoms with Crippen LogP contribution in [-0.4, -0.2) is 69.2 Å². The standard InChI is InChI=1S/C29H43NO7S/c1-7-29-14-20(11-10-19-16-38-18(3)30-19)36-23(32)13-22(31)27(4,5)26(34)24(21-15-35-21)25(33)17(2)9-8-12-28(29,6)37-29/h10-11,16-17,20-22,24-25,31,33H,7-9,12-15H2,1-6H3/t17-,20+,21?,22-,24-,25+,28?,29?/m0/s1. The number of Topliss-reactive ketones (excluding diaryl/α,β-unsaturated/α-hetero) is 1. The number of aryl methyl sites for hydroxylation is 1. The topological polar surface area (TPSA) is 122 Å². The molecular formula is C29H43NO7S. The molecule has 3 fully saturated rings. The Labute approximate surface area is 229 Å². The predicted molar refractivity (Wildman–Crippen MR) is 145 cm³/mol. The van der Waals surface area contributed by atoms with Crippen molar-refractivity contribution in [3.63, 3.8) is 0 Å². The first-order chi connectivity index (χ1) is 17.8. The van der Waals surface area contributed by atoms with Crippen LogP contribution in [0.15, 0.2) is 11.5 Å². The highest BCUT2D eigenvalue weighted by Crippen LogP contribution is 2.56. The number of ketones is 1. The molecule has 8 atom stereocenters. The Balaban J connectivity index is 1.61. The molecule has 0 radical (unpaired) electrons. The molecule has 3 saturated heterocycles. The highest BCUT2D eigenvalue weighted by atomic mass is 32.1. The molecule has 3 unspecified atom stereocenters. The summed E-state index contributed by atoms with van der Waals surface area (Å²) in [4.78, 5) is 31.2. The van der Waals surface area contributed by atoms with Gasteiger partial charge in [-0.3, -0.25) is 9.59 Å². The fraction of sp³-hybridized carbons (Fsp3) is 0.759. The molecule has 1 aromatic heterocycles. The number of nitrogens with zero attached hydrogens (tertiary/aromatic N) is 1. The van der Waals surface area contributed by atoms with E-state index in [9.17, 15) is 19.8 Å². The van der Waals surface area contributed by atoms with Crippen molar-refractivity contribution >= 4 is 29.2 Å². The van der Waals surface area contributed by atoms with Gasteiger partial charge in [0.05, 0.1) is 59.0 Å². The summed E-state index contributed by atoms with van der Waals surface area (Å²) in [5.74, 6) is -1.76. The van der Waals surface area contributed by atoms with Gasteiger partial charge >= 0.3 is 5.97 Å². The number of rotatable bonds is 4. The SMILES string of the molecule is CCC12C[C@@H](C=Cc3csc(C)n3)OC(=O)C[C@H](O)C(C)(C)C(=O)[C@@H](C3CO3)[C@H](O)[C@@H](C)CCCC1(C)O2. The highest BCUT2D eigenvalue weighted by molar-refractivity contribution is 7.09. The first kappa shape index (κ1) is 29.3. The minimum atomic E-state index is -1.27. The van der Waals surface area contributed by atoms with Crippen LogP contribution in [0.4, 0.5) is 0 Å². The van der Waals surface area contributed by atoms with Crippen molar-refractivity contribution in [2.24, 2.45) is 17.3 Å². The summed E-state index contributed by atoms with van der Waals surface area (Å²) in [7, 11) is 0. The number of carbonyl (C=O) groups excluding carboxylic acids is 2. The second-order valence-electron chi connectivity index (χ2n) is 12.1. The monoisotopic (exact) mass is 549 g/mol. The Morgan fingerprint density at radius 1 is 1.24 bits per heavy atom. The van der Waals surface area contributed by atoms with Crippen molar-refractivity contribution < 1.29 is 34.0 Å². The third-order valence-electron chi connectivity index (χ3n) is 9.00.